The summed E-state index contributed by atoms with van der Waals surface area (Å²) in [5.74, 6) is 2.07. The van der Waals surface area contributed by atoms with Crippen LogP contribution in [0.2, 0.25) is 0 Å². The first-order valence-electron chi connectivity index (χ1n) is 3.23. The van der Waals surface area contributed by atoms with Crippen LogP contribution in [0.1, 0.15) is 0 Å². The second-order valence-electron chi connectivity index (χ2n) is 2.49. The first-order chi connectivity index (χ1) is 4.29. The highest BCUT2D eigenvalue weighted by Gasteiger charge is 2.11. The zero-order valence-electron chi connectivity index (χ0n) is 5.71. The third-order valence-electron chi connectivity index (χ3n) is 1.45. The van der Waals surface area contributed by atoms with Crippen LogP contribution in [0.25, 0.3) is 0 Å². The molecule has 0 aromatic heterocycles. The molecule has 1 fully saturated rings. The summed E-state index contributed by atoms with van der Waals surface area (Å²) in [6.07, 6.45) is -0.109. The van der Waals surface area contributed by atoms with Gasteiger partial charge in [-0.05, 0) is 7.05 Å². The smallest absolute Gasteiger partial charge is 0.0757 e. The number of rotatable bonds is 0. The highest BCUT2D eigenvalue weighted by molar-refractivity contribution is 7.99. The first-order valence-corrected chi connectivity index (χ1v) is 4.39. The third-order valence-corrected chi connectivity index (χ3v) is 2.54. The molecule has 1 N–H and O–H groups in total. The molecule has 0 aromatic rings. The molecule has 54 valence electrons. The second kappa shape index (κ2) is 3.44. The lowest BCUT2D eigenvalue weighted by molar-refractivity contribution is 0.152. The predicted molar refractivity (Wildman–Crippen MR) is 40.8 cm³/mol. The average Bonchev–Trinajstić information content (AvgIpc) is 1.93. The van der Waals surface area contributed by atoms with Crippen LogP contribution >= 0.6 is 11.8 Å². The van der Waals surface area contributed by atoms with Crippen molar-refractivity contribution in [3.8, 4) is 0 Å². The van der Waals surface area contributed by atoms with Crippen molar-refractivity contribution in [1.29, 1.82) is 0 Å². The van der Waals surface area contributed by atoms with Crippen molar-refractivity contribution in [3.05, 3.63) is 0 Å². The fourth-order valence-electron chi connectivity index (χ4n) is 0.944. The van der Waals surface area contributed by atoms with Crippen LogP contribution in [-0.4, -0.2) is 47.8 Å². The molecule has 9 heavy (non-hydrogen) atoms. The highest BCUT2D eigenvalue weighted by Crippen LogP contribution is 2.08. The number of likely N-dealkylation sites (N-methyl/N-ethyl adjacent to an activating group) is 1. The van der Waals surface area contributed by atoms with E-state index in [2.05, 4.69) is 11.9 Å². The fraction of sp³-hybridized carbons (Fsp3) is 1.00. The molecular weight excluding hydrogens is 134 g/mol. The Bertz CT molecular complexity index is 79.1. The summed E-state index contributed by atoms with van der Waals surface area (Å²) in [6.45, 7) is 1.95. The molecule has 0 aliphatic carbocycles. The zero-order chi connectivity index (χ0) is 6.69. The van der Waals surface area contributed by atoms with E-state index in [9.17, 15) is 5.11 Å². The first kappa shape index (κ1) is 7.38. The van der Waals surface area contributed by atoms with Gasteiger partial charge in [-0.2, -0.15) is 11.8 Å². The van der Waals surface area contributed by atoms with Gasteiger partial charge < -0.3 is 10.0 Å². The normalized spacial score (nSPS) is 32.0. The van der Waals surface area contributed by atoms with Crippen LogP contribution < -0.4 is 0 Å². The summed E-state index contributed by atoms with van der Waals surface area (Å²) in [7, 11) is 2.05. The highest BCUT2D eigenvalue weighted by atomic mass is 32.2. The van der Waals surface area contributed by atoms with E-state index in [1.165, 1.54) is 0 Å². The van der Waals surface area contributed by atoms with Crippen molar-refractivity contribution in [2.45, 2.75) is 6.10 Å². The van der Waals surface area contributed by atoms with Crippen LogP contribution in [0.4, 0.5) is 0 Å². The second-order valence-corrected chi connectivity index (χ2v) is 3.64. The van der Waals surface area contributed by atoms with Crippen molar-refractivity contribution >= 4 is 11.8 Å². The SMILES string of the molecule is CN1CCSCC(O)C1. The summed E-state index contributed by atoms with van der Waals surface area (Å²) < 4.78 is 0. The molecule has 3 heteroatoms. The Kier molecular flexibility index (Phi) is 2.82. The van der Waals surface area contributed by atoms with Crippen molar-refractivity contribution in [1.82, 2.24) is 4.90 Å². The number of β-amino-alcohol motifs (C(OH)–C–C–N with tert-alkyl or cyclic N) is 1. The maximum atomic E-state index is 9.20. The maximum Gasteiger partial charge on any atom is 0.0757 e. The molecule has 2 nitrogen and oxygen atoms in total. The van der Waals surface area contributed by atoms with E-state index in [4.69, 9.17) is 0 Å². The van der Waals surface area contributed by atoms with Gasteiger partial charge in [-0.1, -0.05) is 0 Å². The van der Waals surface area contributed by atoms with Crippen LogP contribution in [0, 0.1) is 0 Å². The largest absolute Gasteiger partial charge is 0.391 e. The van der Waals surface area contributed by atoms with Gasteiger partial charge in [0.25, 0.3) is 0 Å². The third kappa shape index (κ3) is 2.56. The molecule has 1 atom stereocenters. The maximum absolute atomic E-state index is 9.20. The van der Waals surface area contributed by atoms with Crippen LogP contribution in [0.3, 0.4) is 0 Å². The summed E-state index contributed by atoms with van der Waals surface area (Å²) in [6, 6.07) is 0. The van der Waals surface area contributed by atoms with Crippen molar-refractivity contribution in [2.75, 3.05) is 31.6 Å². The van der Waals surface area contributed by atoms with Gasteiger partial charge in [0.1, 0.15) is 0 Å². The quantitative estimate of drug-likeness (QED) is 0.523. The van der Waals surface area contributed by atoms with Gasteiger partial charge in [0, 0.05) is 24.6 Å². The average molecular weight is 147 g/mol. The Morgan fingerprint density at radius 3 is 3.22 bits per heavy atom. The van der Waals surface area contributed by atoms with Crippen molar-refractivity contribution in [3.63, 3.8) is 0 Å². The number of aliphatic hydroxyl groups is 1. The minimum atomic E-state index is -0.109. The molecule has 1 saturated heterocycles. The Balaban J connectivity index is 2.29. The number of hydrogen-bond acceptors (Lipinski definition) is 3. The number of aliphatic hydroxyl groups excluding tert-OH is 1. The Labute approximate surface area is 60.2 Å². The molecule has 1 aliphatic rings. The van der Waals surface area contributed by atoms with Gasteiger partial charge in [-0.25, -0.2) is 0 Å². The lowest BCUT2D eigenvalue weighted by Gasteiger charge is -2.13. The minimum Gasteiger partial charge on any atom is -0.391 e. The van der Waals surface area contributed by atoms with Crippen molar-refractivity contribution in [2.24, 2.45) is 0 Å². The van der Waals surface area contributed by atoms with E-state index in [0.29, 0.717) is 0 Å². The lowest BCUT2D eigenvalue weighted by atomic mass is 10.4. The Hall–Kier alpha value is 0.270. The van der Waals surface area contributed by atoms with Gasteiger partial charge in [0.2, 0.25) is 0 Å². The number of nitrogens with zero attached hydrogens (tertiary/aromatic N) is 1. The van der Waals surface area contributed by atoms with Gasteiger partial charge in [-0.3, -0.25) is 0 Å². The van der Waals surface area contributed by atoms with Crippen LogP contribution in [-0.2, 0) is 0 Å². The van der Waals surface area contributed by atoms with Gasteiger partial charge in [-0.15, -0.1) is 0 Å². The summed E-state index contributed by atoms with van der Waals surface area (Å²) in [5, 5.41) is 9.20. The van der Waals surface area contributed by atoms with E-state index in [1.54, 1.807) is 0 Å². The van der Waals surface area contributed by atoms with E-state index in [0.717, 1.165) is 24.6 Å². The van der Waals surface area contributed by atoms with Crippen LogP contribution in [0.15, 0.2) is 0 Å². The molecule has 0 radical (unpaired) electrons. The molecule has 0 spiro atoms. The van der Waals surface area contributed by atoms with Gasteiger partial charge in [0.05, 0.1) is 6.10 Å². The molecule has 1 heterocycles. The zero-order valence-corrected chi connectivity index (χ0v) is 6.52. The van der Waals surface area contributed by atoms with Gasteiger partial charge in [0.15, 0.2) is 0 Å². The number of thioether (sulfide) groups is 1. The molecule has 1 unspecified atom stereocenters. The summed E-state index contributed by atoms with van der Waals surface area (Å²) in [5.41, 5.74) is 0. The van der Waals surface area contributed by atoms with E-state index in [-0.39, 0.29) is 6.10 Å². The molecule has 1 aliphatic heterocycles. The fourth-order valence-corrected chi connectivity index (χ4v) is 1.93. The van der Waals surface area contributed by atoms with Crippen molar-refractivity contribution < 1.29 is 5.11 Å². The summed E-state index contributed by atoms with van der Waals surface area (Å²) >= 11 is 1.84. The van der Waals surface area contributed by atoms with E-state index < -0.39 is 0 Å². The molecular formula is C6H13NOS. The van der Waals surface area contributed by atoms with Gasteiger partial charge >= 0.3 is 0 Å². The molecule has 0 saturated carbocycles. The summed E-state index contributed by atoms with van der Waals surface area (Å²) in [4.78, 5) is 2.17. The monoisotopic (exact) mass is 147 g/mol. The molecule has 1 rings (SSSR count). The van der Waals surface area contributed by atoms with E-state index in [1.807, 2.05) is 11.8 Å². The number of hydrogen-bond donors (Lipinski definition) is 1. The molecule has 0 aromatic carbocycles. The van der Waals surface area contributed by atoms with E-state index >= 15 is 0 Å². The Morgan fingerprint density at radius 2 is 2.44 bits per heavy atom. The Morgan fingerprint density at radius 1 is 1.67 bits per heavy atom. The lowest BCUT2D eigenvalue weighted by Crippen LogP contribution is -2.28. The standard InChI is InChI=1S/C6H13NOS/c1-7-2-3-9-5-6(8)4-7/h6,8H,2-5H2,1H3. The molecule has 0 bridgehead atoms. The minimum absolute atomic E-state index is 0.109. The molecule has 0 amide bonds. The van der Waals surface area contributed by atoms with Crippen LogP contribution in [0.5, 0.6) is 0 Å². The predicted octanol–water partition coefficient (Wildman–Crippen LogP) is 0.0259. The topological polar surface area (TPSA) is 23.5 Å².